The molecule has 5 heterocycles. The highest BCUT2D eigenvalue weighted by Crippen LogP contribution is 2.76. The van der Waals surface area contributed by atoms with Crippen molar-refractivity contribution in [3.63, 3.8) is 0 Å². The predicted octanol–water partition coefficient (Wildman–Crippen LogP) is 6.91. The van der Waals surface area contributed by atoms with Gasteiger partial charge in [-0.15, -0.1) is 0 Å². The van der Waals surface area contributed by atoms with Gasteiger partial charge in [0.1, 0.15) is 23.1 Å². The van der Waals surface area contributed by atoms with E-state index in [9.17, 15) is 40.9 Å². The Kier molecular flexibility index (Phi) is 13.5. The van der Waals surface area contributed by atoms with E-state index >= 15 is 9.59 Å². The van der Waals surface area contributed by atoms with Crippen LogP contribution in [-0.4, -0.2) is 125 Å². The van der Waals surface area contributed by atoms with Crippen LogP contribution in [-0.2, 0) is 20.7 Å². The van der Waals surface area contributed by atoms with Gasteiger partial charge < -0.3 is 50.5 Å². The molecule has 8 bridgehead atoms. The summed E-state index contributed by atoms with van der Waals surface area (Å²) in [6.07, 6.45) is 11.9. The molecule has 4 saturated carbocycles. The Bertz CT molecular complexity index is 2260. The van der Waals surface area contributed by atoms with Gasteiger partial charge in [-0.25, -0.2) is 0 Å². The number of fused-ring (bicyclic) bond motifs is 1. The van der Waals surface area contributed by atoms with Gasteiger partial charge in [0, 0.05) is 47.2 Å². The van der Waals surface area contributed by atoms with Crippen LogP contribution in [0.2, 0.25) is 0 Å². The second-order valence-corrected chi connectivity index (χ2v) is 27.3. The third-order valence-corrected chi connectivity index (χ3v) is 24.6. The van der Waals surface area contributed by atoms with Crippen molar-refractivity contribution >= 4 is 39.0 Å². The van der Waals surface area contributed by atoms with E-state index in [1.807, 2.05) is 17.9 Å². The number of phenolic OH excluding ortho intramolecular Hbond substituents is 1. The second kappa shape index (κ2) is 18.4. The second-order valence-electron chi connectivity index (χ2n) is 24.7. The van der Waals surface area contributed by atoms with Crippen molar-refractivity contribution in [1.82, 2.24) is 0 Å². The molecule has 14 heteroatoms. The Morgan fingerprint density at radius 1 is 0.971 bits per heavy atom. The summed E-state index contributed by atoms with van der Waals surface area (Å²) in [4.78, 5) is 33.4. The summed E-state index contributed by atoms with van der Waals surface area (Å²) in [6, 6.07) is 5.41. The fourth-order valence-electron chi connectivity index (χ4n) is 17.6. The molecule has 2 saturated heterocycles. The van der Waals surface area contributed by atoms with Crippen molar-refractivity contribution in [2.75, 3.05) is 37.0 Å². The summed E-state index contributed by atoms with van der Waals surface area (Å²) in [5, 5.41) is 96.5. The van der Waals surface area contributed by atoms with E-state index in [4.69, 9.17) is 4.74 Å². The molecule has 70 heavy (non-hydrogen) atoms. The Morgan fingerprint density at radius 2 is 1.76 bits per heavy atom. The number of unbranched alkanes of at least 4 members (excludes halogenated alkanes) is 2. The van der Waals surface area contributed by atoms with Crippen LogP contribution in [0.4, 0.5) is 5.69 Å². The standard InChI is InChI=1S/C56H81NO11S2/c1-6-7-8-11-36-26-57-38-20-34(21-39(61)23-38)15-18-53-35-13-10-17-54(66,48-47(68-48)33(4)32(2)3)44(53)16-19-55(53,67)42-24-45(62)51(25-46(63)52(65,30-60)29-50(51,5)41(42)22-35)31-69-70-43(28-59)40-14-9-12-37(27-58)56(36,40)49(57)64/h10,13,20-21,23-24,32-33,35-37,40-41,43-44,46-48,58-61,63,65-67H,6-9,11-12,14-19,22,25-31H2,1-5H3. The third-order valence-electron chi connectivity index (χ3n) is 21.6. The van der Waals surface area contributed by atoms with Crippen LogP contribution in [0.25, 0.3) is 0 Å². The van der Waals surface area contributed by atoms with Crippen molar-refractivity contribution in [3.8, 4) is 5.75 Å². The lowest BCUT2D eigenvalue weighted by Gasteiger charge is -2.67. The molecule has 12 rings (SSSR count). The van der Waals surface area contributed by atoms with Crippen molar-refractivity contribution in [2.24, 2.45) is 69.0 Å². The van der Waals surface area contributed by atoms with Gasteiger partial charge in [0.25, 0.3) is 0 Å². The molecular formula is C56H81NO11S2. The van der Waals surface area contributed by atoms with E-state index in [1.54, 1.807) is 18.2 Å². The Hall–Kier alpha value is -1.98. The summed E-state index contributed by atoms with van der Waals surface area (Å²) >= 11 is 0. The molecule has 388 valence electrons. The molecule has 1 amide bonds. The number of ether oxygens (including phenoxy) is 1. The van der Waals surface area contributed by atoms with Crippen molar-refractivity contribution < 1.29 is 55.2 Å². The van der Waals surface area contributed by atoms with E-state index < -0.39 is 74.4 Å². The van der Waals surface area contributed by atoms with E-state index in [0.29, 0.717) is 68.7 Å². The molecule has 8 N–H and O–H groups in total. The first-order valence-corrected chi connectivity index (χ1v) is 29.4. The van der Waals surface area contributed by atoms with Crippen LogP contribution in [0.3, 0.4) is 0 Å². The zero-order valence-electron chi connectivity index (χ0n) is 42.1. The minimum absolute atomic E-state index is 0.0167. The van der Waals surface area contributed by atoms with Gasteiger partial charge in [-0.05, 0) is 147 Å². The summed E-state index contributed by atoms with van der Waals surface area (Å²) in [6.45, 7) is 9.98. The Balaban J connectivity index is 1.17. The lowest BCUT2D eigenvalue weighted by Crippen LogP contribution is -2.71. The quantitative estimate of drug-likeness (QED) is 0.0519. The molecule has 11 aliphatic rings. The first-order chi connectivity index (χ1) is 33.3. The van der Waals surface area contributed by atoms with E-state index in [-0.39, 0.29) is 91.4 Å². The number of amides is 1. The molecule has 0 aromatic heterocycles. The molecule has 1 aromatic rings. The number of carbonyl (C=O) groups excluding carboxylic acids is 2. The molecule has 3 spiro atoms. The first kappa shape index (κ1) is 51.5. The van der Waals surface area contributed by atoms with E-state index in [1.165, 1.54) is 21.6 Å². The molecule has 18 atom stereocenters. The van der Waals surface area contributed by atoms with Gasteiger partial charge in [-0.1, -0.05) is 94.0 Å². The maximum absolute atomic E-state index is 15.8. The molecule has 12 nitrogen and oxygen atoms in total. The number of rotatable bonds is 10. The lowest BCUT2D eigenvalue weighted by molar-refractivity contribution is -0.222. The number of aryl methyl sites for hydroxylation is 1. The maximum atomic E-state index is 15.8. The number of nitrogens with zero attached hydrogens (tertiary/aromatic N) is 1. The number of hydrogen-bond acceptors (Lipinski definition) is 13. The summed E-state index contributed by atoms with van der Waals surface area (Å²) in [5.41, 5.74) is -7.19. The van der Waals surface area contributed by atoms with Crippen LogP contribution in [0.1, 0.15) is 130 Å². The number of carbonyl (C=O) groups is 2. The molecule has 0 radical (unpaired) electrons. The van der Waals surface area contributed by atoms with Gasteiger partial charge in [0.2, 0.25) is 5.91 Å². The summed E-state index contributed by atoms with van der Waals surface area (Å²) in [5.74, 6) is -1.59. The topological polar surface area (TPSA) is 212 Å². The molecular weight excluding hydrogens is 927 g/mol. The highest BCUT2D eigenvalue weighted by atomic mass is 33.1. The minimum Gasteiger partial charge on any atom is -0.508 e. The number of allylic oxidation sites excluding steroid dienone is 2. The smallest absolute Gasteiger partial charge is 0.234 e. The zero-order valence-corrected chi connectivity index (χ0v) is 43.7. The zero-order chi connectivity index (χ0) is 50.0. The molecule has 1 aromatic carbocycles. The van der Waals surface area contributed by atoms with Crippen LogP contribution >= 0.6 is 21.6 Å². The van der Waals surface area contributed by atoms with Crippen LogP contribution < -0.4 is 4.90 Å². The van der Waals surface area contributed by atoms with Crippen LogP contribution in [0.15, 0.2) is 42.0 Å². The van der Waals surface area contributed by atoms with Gasteiger partial charge in [-0.2, -0.15) is 0 Å². The number of phenols is 1. The average molecular weight is 1010 g/mol. The highest BCUT2D eigenvalue weighted by Gasteiger charge is 2.78. The first-order valence-electron chi connectivity index (χ1n) is 27.0. The highest BCUT2D eigenvalue weighted by molar-refractivity contribution is 8.77. The van der Waals surface area contributed by atoms with E-state index in [2.05, 4.69) is 39.8 Å². The molecule has 18 unspecified atom stereocenters. The Labute approximate surface area is 422 Å². The molecule has 6 fully saturated rings. The number of benzene rings is 1. The minimum atomic E-state index is -1.91. The van der Waals surface area contributed by atoms with Crippen molar-refractivity contribution in [3.05, 3.63) is 47.6 Å². The fraction of sp³-hybridized carbons (Fsp3) is 0.786. The number of anilines is 1. The van der Waals surface area contributed by atoms with Gasteiger partial charge in [0.05, 0.1) is 41.9 Å². The summed E-state index contributed by atoms with van der Waals surface area (Å²) in [7, 11) is 2.94. The number of aliphatic hydroxyl groups is 7. The number of hydrogen-bond donors (Lipinski definition) is 8. The molecule has 5 aliphatic heterocycles. The third kappa shape index (κ3) is 7.19. The van der Waals surface area contributed by atoms with Gasteiger partial charge >= 0.3 is 0 Å². The number of ketones is 1. The van der Waals surface area contributed by atoms with Gasteiger partial charge in [-0.3, -0.25) is 9.59 Å². The number of aromatic hydroxyl groups is 1. The van der Waals surface area contributed by atoms with Crippen molar-refractivity contribution in [2.45, 2.75) is 171 Å². The maximum Gasteiger partial charge on any atom is 0.234 e. The fourth-order valence-corrected chi connectivity index (χ4v) is 21.1. The normalized spacial score (nSPS) is 46.9. The molecule has 6 aliphatic carbocycles. The Morgan fingerprint density at radius 3 is 2.47 bits per heavy atom. The average Bonchev–Trinajstić information content (AvgIpc) is 4.03. The lowest BCUT2D eigenvalue weighted by atomic mass is 9.38. The monoisotopic (exact) mass is 1010 g/mol. The summed E-state index contributed by atoms with van der Waals surface area (Å²) < 4.78 is 6.52. The predicted molar refractivity (Wildman–Crippen MR) is 272 cm³/mol. The van der Waals surface area contributed by atoms with Crippen molar-refractivity contribution in [1.29, 1.82) is 0 Å². The van der Waals surface area contributed by atoms with E-state index in [0.717, 1.165) is 37.7 Å². The number of aliphatic hydroxyl groups excluding tert-OH is 4. The van der Waals surface area contributed by atoms with Crippen LogP contribution in [0, 0.1) is 69.0 Å². The van der Waals surface area contributed by atoms with Gasteiger partial charge in [0.15, 0.2) is 5.78 Å². The largest absolute Gasteiger partial charge is 0.508 e. The number of epoxide rings is 1. The SMILES string of the molecule is CCCCCC1CN2C(=O)C13C(CO)CCCC3C(CO)SSCC13CC(O)C(O)(CO)CC1(C)C1CC4C=CCC(O)(C5OC5C(C)C(C)C)C5CCC(O)(C1=CC3=O)C45CCc1cc(O)cc2c1. The van der Waals surface area contributed by atoms with Crippen LogP contribution in [0.5, 0.6) is 5.75 Å².